The molecule has 136 valence electrons. The highest BCUT2D eigenvalue weighted by atomic mass is 32.2. The van der Waals surface area contributed by atoms with Crippen LogP contribution in [0, 0.1) is 17.1 Å². The number of anilines is 1. The van der Waals surface area contributed by atoms with Crippen LogP contribution in [0.3, 0.4) is 0 Å². The minimum absolute atomic E-state index is 0.297. The summed E-state index contributed by atoms with van der Waals surface area (Å²) < 4.78 is 14.3. The van der Waals surface area contributed by atoms with Crippen LogP contribution in [0.2, 0.25) is 0 Å². The normalized spacial score (nSPS) is 11.6. The minimum Gasteiger partial charge on any atom is -0.335 e. The topological polar surface area (TPSA) is 110 Å². The SMILES string of the molecule is C[C@@H](Sc1nnc(-c2ccc(F)cc2)n1N)C(=O)Nc1ccccc1C#N. The summed E-state index contributed by atoms with van der Waals surface area (Å²) in [5.74, 6) is 5.72. The van der Waals surface area contributed by atoms with Crippen molar-refractivity contribution in [3.63, 3.8) is 0 Å². The second kappa shape index (κ2) is 7.88. The van der Waals surface area contributed by atoms with Gasteiger partial charge in [0.15, 0.2) is 5.82 Å². The third kappa shape index (κ3) is 4.07. The summed E-state index contributed by atoms with van der Waals surface area (Å²) in [5, 5.41) is 19.6. The highest BCUT2D eigenvalue weighted by Gasteiger charge is 2.20. The maximum Gasteiger partial charge on any atom is 0.237 e. The Bertz CT molecular complexity index is 1010. The number of nitrogens with zero attached hydrogens (tertiary/aromatic N) is 4. The molecule has 0 unspecified atom stereocenters. The molecule has 9 heteroatoms. The number of hydrogen-bond donors (Lipinski definition) is 2. The van der Waals surface area contributed by atoms with E-state index in [0.717, 1.165) is 11.8 Å². The van der Waals surface area contributed by atoms with Gasteiger partial charge < -0.3 is 11.2 Å². The summed E-state index contributed by atoms with van der Waals surface area (Å²) in [4.78, 5) is 12.4. The number of hydrogen-bond acceptors (Lipinski definition) is 6. The number of nitriles is 1. The van der Waals surface area contributed by atoms with Crippen LogP contribution < -0.4 is 11.2 Å². The number of aromatic nitrogens is 3. The lowest BCUT2D eigenvalue weighted by Crippen LogP contribution is -2.24. The van der Waals surface area contributed by atoms with Crippen molar-refractivity contribution < 1.29 is 9.18 Å². The van der Waals surface area contributed by atoms with Gasteiger partial charge in [-0.3, -0.25) is 4.79 Å². The van der Waals surface area contributed by atoms with E-state index in [1.807, 2.05) is 6.07 Å². The van der Waals surface area contributed by atoms with E-state index in [2.05, 4.69) is 15.5 Å². The van der Waals surface area contributed by atoms with Gasteiger partial charge in [0.25, 0.3) is 0 Å². The van der Waals surface area contributed by atoms with Crippen molar-refractivity contribution in [2.75, 3.05) is 11.2 Å². The quantitative estimate of drug-likeness (QED) is 0.519. The molecule has 0 saturated heterocycles. The second-order valence-electron chi connectivity index (χ2n) is 5.59. The monoisotopic (exact) mass is 382 g/mol. The van der Waals surface area contributed by atoms with Crippen LogP contribution in [0.25, 0.3) is 11.4 Å². The zero-order chi connectivity index (χ0) is 19.4. The first-order chi connectivity index (χ1) is 13.0. The Morgan fingerprint density at radius 2 is 1.96 bits per heavy atom. The van der Waals surface area contributed by atoms with E-state index in [1.54, 1.807) is 43.3 Å². The lowest BCUT2D eigenvalue weighted by molar-refractivity contribution is -0.115. The molecule has 1 aromatic heterocycles. The van der Waals surface area contributed by atoms with Crippen LogP contribution in [-0.4, -0.2) is 26.0 Å². The van der Waals surface area contributed by atoms with Gasteiger partial charge in [-0.05, 0) is 43.3 Å². The Morgan fingerprint density at radius 1 is 1.26 bits per heavy atom. The first-order valence-corrected chi connectivity index (χ1v) is 8.80. The fourth-order valence-electron chi connectivity index (χ4n) is 2.29. The van der Waals surface area contributed by atoms with Crippen LogP contribution in [0.1, 0.15) is 12.5 Å². The van der Waals surface area contributed by atoms with Gasteiger partial charge in [0.05, 0.1) is 16.5 Å². The molecule has 3 aromatic rings. The number of carbonyl (C=O) groups is 1. The molecule has 0 saturated carbocycles. The molecule has 0 bridgehead atoms. The van der Waals surface area contributed by atoms with Crippen LogP contribution in [0.15, 0.2) is 53.7 Å². The number of rotatable bonds is 5. The van der Waals surface area contributed by atoms with Crippen LogP contribution >= 0.6 is 11.8 Å². The molecule has 1 heterocycles. The van der Waals surface area contributed by atoms with E-state index in [-0.39, 0.29) is 11.7 Å². The van der Waals surface area contributed by atoms with Crippen molar-refractivity contribution >= 4 is 23.4 Å². The fourth-order valence-corrected chi connectivity index (χ4v) is 3.06. The predicted octanol–water partition coefficient (Wildman–Crippen LogP) is 2.79. The third-order valence-corrected chi connectivity index (χ3v) is 4.78. The summed E-state index contributed by atoms with van der Waals surface area (Å²) in [7, 11) is 0. The fraction of sp³-hybridized carbons (Fsp3) is 0.111. The molecule has 1 atom stereocenters. The molecular weight excluding hydrogens is 367 g/mol. The summed E-state index contributed by atoms with van der Waals surface area (Å²) in [6, 6.07) is 14.5. The maximum absolute atomic E-state index is 13.1. The molecule has 0 radical (unpaired) electrons. The Balaban J connectivity index is 1.72. The van der Waals surface area contributed by atoms with Crippen molar-refractivity contribution in [3.8, 4) is 17.5 Å². The Kier molecular flexibility index (Phi) is 5.38. The Labute approximate surface area is 159 Å². The summed E-state index contributed by atoms with van der Waals surface area (Å²) in [5.41, 5.74) is 1.43. The average Bonchev–Trinajstić information content (AvgIpc) is 3.03. The van der Waals surface area contributed by atoms with Crippen LogP contribution in [0.5, 0.6) is 0 Å². The van der Waals surface area contributed by atoms with E-state index in [9.17, 15) is 9.18 Å². The maximum atomic E-state index is 13.1. The smallest absolute Gasteiger partial charge is 0.237 e. The summed E-state index contributed by atoms with van der Waals surface area (Å²) >= 11 is 1.12. The third-order valence-electron chi connectivity index (χ3n) is 3.72. The first kappa shape index (κ1) is 18.4. The molecule has 0 aliphatic heterocycles. The minimum atomic E-state index is -0.538. The van der Waals surface area contributed by atoms with E-state index < -0.39 is 5.25 Å². The van der Waals surface area contributed by atoms with E-state index >= 15 is 0 Å². The zero-order valence-electron chi connectivity index (χ0n) is 14.3. The average molecular weight is 382 g/mol. The second-order valence-corrected chi connectivity index (χ2v) is 6.90. The highest BCUT2D eigenvalue weighted by Crippen LogP contribution is 2.26. The van der Waals surface area contributed by atoms with Crippen LogP contribution in [0.4, 0.5) is 10.1 Å². The molecule has 7 nitrogen and oxygen atoms in total. The zero-order valence-corrected chi connectivity index (χ0v) is 15.1. The van der Waals surface area contributed by atoms with Crippen LogP contribution in [-0.2, 0) is 4.79 Å². The molecule has 0 aliphatic rings. The lowest BCUT2D eigenvalue weighted by atomic mass is 10.2. The molecule has 2 aromatic carbocycles. The molecule has 0 fully saturated rings. The lowest BCUT2D eigenvalue weighted by Gasteiger charge is -2.12. The molecule has 1 amide bonds. The van der Waals surface area contributed by atoms with E-state index in [1.165, 1.54) is 16.8 Å². The summed E-state index contributed by atoms with van der Waals surface area (Å²) in [6.07, 6.45) is 0. The van der Waals surface area contributed by atoms with Gasteiger partial charge in [-0.2, -0.15) is 5.26 Å². The van der Waals surface area contributed by atoms with E-state index in [4.69, 9.17) is 11.1 Å². The van der Waals surface area contributed by atoms with Crippen molar-refractivity contribution in [2.24, 2.45) is 0 Å². The molecule has 0 spiro atoms. The highest BCUT2D eigenvalue weighted by molar-refractivity contribution is 8.00. The molecule has 27 heavy (non-hydrogen) atoms. The number of benzene rings is 2. The molecule has 0 aliphatic carbocycles. The number of halogens is 1. The molecule has 3 rings (SSSR count). The van der Waals surface area contributed by atoms with Gasteiger partial charge in [0.2, 0.25) is 11.1 Å². The van der Waals surface area contributed by atoms with Gasteiger partial charge in [-0.1, -0.05) is 23.9 Å². The largest absolute Gasteiger partial charge is 0.335 e. The van der Waals surface area contributed by atoms with Crippen molar-refractivity contribution in [2.45, 2.75) is 17.3 Å². The van der Waals surface area contributed by atoms with Gasteiger partial charge in [-0.15, -0.1) is 10.2 Å². The molecule has 3 N–H and O–H groups in total. The summed E-state index contributed by atoms with van der Waals surface area (Å²) in [6.45, 7) is 1.70. The number of thioether (sulfide) groups is 1. The standard InChI is InChI=1S/C18H15FN6OS/c1-11(17(26)22-15-5-3-2-4-13(15)10-20)27-18-24-23-16(25(18)21)12-6-8-14(19)9-7-12/h2-9,11H,21H2,1H3,(H,22,26)/t11-/m1/s1. The van der Waals surface area contributed by atoms with Gasteiger partial charge in [0.1, 0.15) is 11.9 Å². The van der Waals surface area contributed by atoms with Crippen molar-refractivity contribution in [1.29, 1.82) is 5.26 Å². The molecular formula is C18H15FN6OS. The number of para-hydroxylation sites is 1. The number of nitrogen functional groups attached to an aromatic ring is 1. The van der Waals surface area contributed by atoms with Gasteiger partial charge in [-0.25, -0.2) is 9.07 Å². The van der Waals surface area contributed by atoms with Gasteiger partial charge >= 0.3 is 0 Å². The van der Waals surface area contributed by atoms with E-state index in [0.29, 0.717) is 27.8 Å². The Hall–Kier alpha value is -3.38. The van der Waals surface area contributed by atoms with Gasteiger partial charge in [0, 0.05) is 5.56 Å². The Morgan fingerprint density at radius 3 is 2.67 bits per heavy atom. The van der Waals surface area contributed by atoms with Crippen molar-refractivity contribution in [1.82, 2.24) is 14.9 Å². The first-order valence-electron chi connectivity index (χ1n) is 7.92. The predicted molar refractivity (Wildman–Crippen MR) is 101 cm³/mol. The number of amides is 1. The van der Waals surface area contributed by atoms with Crippen molar-refractivity contribution in [3.05, 3.63) is 59.9 Å². The number of nitrogens with one attached hydrogen (secondary N) is 1. The number of nitrogens with two attached hydrogens (primary N) is 1. The number of carbonyl (C=O) groups excluding carboxylic acids is 1.